The summed E-state index contributed by atoms with van der Waals surface area (Å²) in [6, 6.07) is 18.2. The number of nitrogens with zero attached hydrogens (tertiary/aromatic N) is 2. The first-order valence-electron chi connectivity index (χ1n) is 8.21. The predicted octanol–water partition coefficient (Wildman–Crippen LogP) is 3.90. The Balaban J connectivity index is 1.78. The number of aromatic amines is 1. The summed E-state index contributed by atoms with van der Waals surface area (Å²) >= 11 is 0. The fourth-order valence-corrected chi connectivity index (χ4v) is 2.81. The molecule has 1 aromatic heterocycles. The maximum absolute atomic E-state index is 12.8. The second-order valence-corrected chi connectivity index (χ2v) is 6.15. The van der Waals surface area contributed by atoms with E-state index in [4.69, 9.17) is 0 Å². The van der Waals surface area contributed by atoms with Crippen molar-refractivity contribution in [2.75, 3.05) is 25.5 Å². The van der Waals surface area contributed by atoms with Crippen LogP contribution in [0.3, 0.4) is 0 Å². The molecule has 0 spiro atoms. The van der Waals surface area contributed by atoms with Crippen LogP contribution in [0.15, 0.2) is 54.6 Å². The molecule has 3 rings (SSSR count). The van der Waals surface area contributed by atoms with Crippen LogP contribution in [0, 0.1) is 0 Å². The van der Waals surface area contributed by atoms with Gasteiger partial charge in [0.25, 0.3) is 5.91 Å². The minimum atomic E-state index is 0.0328. The molecule has 0 fully saturated rings. The maximum atomic E-state index is 12.8. The molecule has 4 heteroatoms. The van der Waals surface area contributed by atoms with E-state index in [2.05, 4.69) is 34.1 Å². The molecule has 24 heavy (non-hydrogen) atoms. The van der Waals surface area contributed by atoms with Gasteiger partial charge in [-0.15, -0.1) is 0 Å². The summed E-state index contributed by atoms with van der Waals surface area (Å²) in [5.74, 6) is 0.0328. The summed E-state index contributed by atoms with van der Waals surface area (Å²) in [6.07, 6.45) is 0. The van der Waals surface area contributed by atoms with Gasteiger partial charge in [-0.3, -0.25) is 4.79 Å². The monoisotopic (exact) mass is 321 g/mol. The Hall–Kier alpha value is -2.75. The fourth-order valence-electron chi connectivity index (χ4n) is 2.81. The number of anilines is 1. The number of para-hydroxylation sites is 1. The summed E-state index contributed by atoms with van der Waals surface area (Å²) < 4.78 is 0. The quantitative estimate of drug-likeness (QED) is 0.774. The van der Waals surface area contributed by atoms with E-state index < -0.39 is 0 Å². The third kappa shape index (κ3) is 3.27. The molecule has 0 aliphatic carbocycles. The van der Waals surface area contributed by atoms with Crippen LogP contribution in [0.2, 0.25) is 0 Å². The zero-order valence-electron chi connectivity index (χ0n) is 14.4. The average Bonchev–Trinajstić information content (AvgIpc) is 3.03. The van der Waals surface area contributed by atoms with Gasteiger partial charge in [-0.1, -0.05) is 30.3 Å². The van der Waals surface area contributed by atoms with E-state index in [0.29, 0.717) is 18.8 Å². The van der Waals surface area contributed by atoms with Crippen LogP contribution in [0.4, 0.5) is 5.69 Å². The van der Waals surface area contributed by atoms with Crippen LogP contribution in [-0.2, 0) is 6.54 Å². The second-order valence-electron chi connectivity index (χ2n) is 6.15. The maximum Gasteiger partial charge on any atom is 0.270 e. The second kappa shape index (κ2) is 6.79. The molecule has 1 heterocycles. The Morgan fingerprint density at radius 3 is 2.38 bits per heavy atom. The molecule has 0 saturated heterocycles. The highest BCUT2D eigenvalue weighted by Crippen LogP contribution is 2.18. The van der Waals surface area contributed by atoms with E-state index >= 15 is 0 Å². The molecule has 3 aromatic rings. The fraction of sp³-hybridized carbons (Fsp3) is 0.250. The number of H-pyrrole nitrogens is 1. The van der Waals surface area contributed by atoms with Crippen LogP contribution in [0.5, 0.6) is 0 Å². The molecule has 4 nitrogen and oxygen atoms in total. The lowest BCUT2D eigenvalue weighted by molar-refractivity contribution is 0.0747. The smallest absolute Gasteiger partial charge is 0.270 e. The number of aromatic nitrogens is 1. The third-order valence-electron chi connectivity index (χ3n) is 4.26. The van der Waals surface area contributed by atoms with Crippen molar-refractivity contribution < 1.29 is 4.79 Å². The van der Waals surface area contributed by atoms with Gasteiger partial charge in [-0.2, -0.15) is 0 Å². The van der Waals surface area contributed by atoms with Gasteiger partial charge in [0.2, 0.25) is 0 Å². The Kier molecular flexibility index (Phi) is 4.56. The molecule has 0 unspecified atom stereocenters. The van der Waals surface area contributed by atoms with Gasteiger partial charge in [-0.25, -0.2) is 0 Å². The van der Waals surface area contributed by atoms with Crippen molar-refractivity contribution in [3.63, 3.8) is 0 Å². The predicted molar refractivity (Wildman–Crippen MR) is 99.5 cm³/mol. The summed E-state index contributed by atoms with van der Waals surface area (Å²) in [5.41, 5.74) is 3.92. The number of carbonyl (C=O) groups excluding carboxylic acids is 1. The lowest BCUT2D eigenvalue weighted by Crippen LogP contribution is -2.30. The van der Waals surface area contributed by atoms with Crippen molar-refractivity contribution >= 4 is 22.5 Å². The molecule has 0 bridgehead atoms. The first-order chi connectivity index (χ1) is 11.6. The summed E-state index contributed by atoms with van der Waals surface area (Å²) in [6.45, 7) is 3.29. The van der Waals surface area contributed by atoms with Crippen molar-refractivity contribution in [2.45, 2.75) is 13.5 Å². The van der Waals surface area contributed by atoms with E-state index in [9.17, 15) is 4.79 Å². The molecule has 124 valence electrons. The molecule has 2 aromatic carbocycles. The minimum Gasteiger partial charge on any atom is -0.378 e. The molecule has 0 aliphatic heterocycles. The highest BCUT2D eigenvalue weighted by atomic mass is 16.2. The van der Waals surface area contributed by atoms with Crippen LogP contribution in [0.25, 0.3) is 10.9 Å². The van der Waals surface area contributed by atoms with E-state index in [1.165, 1.54) is 0 Å². The highest BCUT2D eigenvalue weighted by Gasteiger charge is 2.16. The normalized spacial score (nSPS) is 10.8. The lowest BCUT2D eigenvalue weighted by atomic mass is 10.1. The average molecular weight is 321 g/mol. The van der Waals surface area contributed by atoms with Crippen LogP contribution in [0.1, 0.15) is 23.0 Å². The highest BCUT2D eigenvalue weighted by molar-refractivity contribution is 5.98. The number of hydrogen-bond acceptors (Lipinski definition) is 2. The SMILES string of the molecule is CCN(Cc1ccc(N(C)C)cc1)C(=O)c1cc2ccccc2[nH]1. The molecule has 1 amide bonds. The standard InChI is InChI=1S/C20H23N3O/c1-4-23(14-15-9-11-17(12-10-15)22(2)3)20(24)19-13-16-7-5-6-8-18(16)21-19/h5-13,21H,4,14H2,1-3H3. The van der Waals surface area contributed by atoms with Gasteiger partial charge in [0.15, 0.2) is 0 Å². The van der Waals surface area contributed by atoms with Crippen molar-refractivity contribution in [3.8, 4) is 0 Å². The van der Waals surface area contributed by atoms with Gasteiger partial charge in [0.1, 0.15) is 5.69 Å². The van der Waals surface area contributed by atoms with E-state index in [1.807, 2.05) is 56.3 Å². The number of amides is 1. The Labute approximate surface area is 142 Å². The van der Waals surface area contributed by atoms with Crippen LogP contribution < -0.4 is 4.90 Å². The first kappa shape index (κ1) is 16.1. The third-order valence-corrected chi connectivity index (χ3v) is 4.26. The van der Waals surface area contributed by atoms with Crippen molar-refractivity contribution in [2.24, 2.45) is 0 Å². The van der Waals surface area contributed by atoms with Crippen molar-refractivity contribution in [3.05, 3.63) is 65.9 Å². The molecule has 1 N–H and O–H groups in total. The Morgan fingerprint density at radius 1 is 1.04 bits per heavy atom. The van der Waals surface area contributed by atoms with Crippen molar-refractivity contribution in [1.82, 2.24) is 9.88 Å². The van der Waals surface area contributed by atoms with Gasteiger partial charge in [0.05, 0.1) is 0 Å². The number of hydrogen-bond donors (Lipinski definition) is 1. The zero-order valence-corrected chi connectivity index (χ0v) is 14.4. The summed E-state index contributed by atoms with van der Waals surface area (Å²) in [4.78, 5) is 20.0. The number of benzene rings is 2. The number of fused-ring (bicyclic) bond motifs is 1. The zero-order chi connectivity index (χ0) is 17.1. The number of nitrogens with one attached hydrogen (secondary N) is 1. The van der Waals surface area contributed by atoms with E-state index in [1.54, 1.807) is 0 Å². The van der Waals surface area contributed by atoms with Crippen LogP contribution >= 0.6 is 0 Å². The van der Waals surface area contributed by atoms with Gasteiger partial charge < -0.3 is 14.8 Å². The molecule has 0 saturated carbocycles. The van der Waals surface area contributed by atoms with Crippen molar-refractivity contribution in [1.29, 1.82) is 0 Å². The number of carbonyl (C=O) groups is 1. The van der Waals surface area contributed by atoms with Gasteiger partial charge in [-0.05, 0) is 36.8 Å². The summed E-state index contributed by atoms with van der Waals surface area (Å²) in [5, 5.41) is 1.06. The van der Waals surface area contributed by atoms with Gasteiger partial charge in [0, 0.05) is 43.8 Å². The topological polar surface area (TPSA) is 39.3 Å². The minimum absolute atomic E-state index is 0.0328. The summed E-state index contributed by atoms with van der Waals surface area (Å²) in [7, 11) is 4.04. The molecular formula is C20H23N3O. The Bertz CT molecular complexity index is 800. The lowest BCUT2D eigenvalue weighted by Gasteiger charge is -2.21. The number of rotatable bonds is 5. The first-order valence-corrected chi connectivity index (χ1v) is 8.21. The molecule has 0 radical (unpaired) electrons. The van der Waals surface area contributed by atoms with Gasteiger partial charge >= 0.3 is 0 Å². The largest absolute Gasteiger partial charge is 0.378 e. The molecule has 0 aliphatic rings. The van der Waals surface area contributed by atoms with E-state index in [0.717, 1.165) is 22.2 Å². The molecule has 0 atom stereocenters. The van der Waals surface area contributed by atoms with E-state index in [-0.39, 0.29) is 5.91 Å². The Morgan fingerprint density at radius 2 is 1.75 bits per heavy atom. The molecular weight excluding hydrogens is 298 g/mol. The van der Waals surface area contributed by atoms with Crippen LogP contribution in [-0.4, -0.2) is 36.4 Å².